The van der Waals surface area contributed by atoms with Crippen molar-refractivity contribution in [1.29, 1.82) is 0 Å². The van der Waals surface area contributed by atoms with Gasteiger partial charge in [-0.1, -0.05) is 0 Å². The van der Waals surface area contributed by atoms with E-state index in [9.17, 15) is 0 Å². The first-order valence-electron chi connectivity index (χ1n) is 11.7. The fourth-order valence-corrected chi connectivity index (χ4v) is 5.19. The Morgan fingerprint density at radius 1 is 0.964 bits per heavy atom. The van der Waals surface area contributed by atoms with E-state index in [4.69, 9.17) is 0 Å². The SMILES string of the molecule is CC(CCN1CCC(N(C)C(C)(C)C)C1)N(C)C1CC(N2CCN(C)CC2)C1. The molecular formula is C23H47N5. The average molecular weight is 394 g/mol. The van der Waals surface area contributed by atoms with Crippen molar-refractivity contribution in [3.8, 4) is 0 Å². The van der Waals surface area contributed by atoms with Crippen molar-refractivity contribution in [2.45, 2.75) is 83.1 Å². The van der Waals surface area contributed by atoms with Gasteiger partial charge in [0.05, 0.1) is 0 Å². The third kappa shape index (κ3) is 5.48. The molecule has 0 aromatic rings. The maximum absolute atomic E-state index is 2.74. The van der Waals surface area contributed by atoms with Crippen LogP contribution < -0.4 is 0 Å². The maximum atomic E-state index is 2.74. The first-order valence-corrected chi connectivity index (χ1v) is 11.7. The summed E-state index contributed by atoms with van der Waals surface area (Å²) in [4.78, 5) is 13.2. The second kappa shape index (κ2) is 9.30. The minimum atomic E-state index is 0.277. The van der Waals surface area contributed by atoms with Gasteiger partial charge >= 0.3 is 0 Å². The van der Waals surface area contributed by atoms with Crippen LogP contribution in [0.4, 0.5) is 0 Å². The molecule has 0 N–H and O–H groups in total. The van der Waals surface area contributed by atoms with E-state index in [1.165, 1.54) is 71.5 Å². The highest BCUT2D eigenvalue weighted by Crippen LogP contribution is 2.31. The Morgan fingerprint density at radius 2 is 1.61 bits per heavy atom. The summed E-state index contributed by atoms with van der Waals surface area (Å²) in [6.07, 6.45) is 5.39. The van der Waals surface area contributed by atoms with Gasteiger partial charge in [0, 0.05) is 62.4 Å². The highest BCUT2D eigenvalue weighted by molar-refractivity contribution is 4.95. The zero-order chi connectivity index (χ0) is 20.5. The van der Waals surface area contributed by atoms with Crippen molar-refractivity contribution in [3.63, 3.8) is 0 Å². The quantitative estimate of drug-likeness (QED) is 0.658. The number of likely N-dealkylation sites (N-methyl/N-ethyl adjacent to an activating group) is 2. The summed E-state index contributed by atoms with van der Waals surface area (Å²) >= 11 is 0. The smallest absolute Gasteiger partial charge is 0.0237 e. The second-order valence-corrected chi connectivity index (χ2v) is 10.9. The van der Waals surface area contributed by atoms with Gasteiger partial charge < -0.3 is 14.7 Å². The van der Waals surface area contributed by atoms with E-state index in [1.54, 1.807) is 0 Å². The topological polar surface area (TPSA) is 16.2 Å². The fraction of sp³-hybridized carbons (Fsp3) is 1.00. The molecule has 2 atom stereocenters. The number of hydrogen-bond acceptors (Lipinski definition) is 5. The van der Waals surface area contributed by atoms with Gasteiger partial charge in [0.2, 0.25) is 0 Å². The van der Waals surface area contributed by atoms with Crippen LogP contribution in [0.25, 0.3) is 0 Å². The number of rotatable bonds is 7. The third-order valence-corrected chi connectivity index (χ3v) is 8.13. The monoisotopic (exact) mass is 393 g/mol. The normalized spacial score (nSPS) is 32.2. The van der Waals surface area contributed by atoms with Crippen molar-refractivity contribution in [3.05, 3.63) is 0 Å². The van der Waals surface area contributed by atoms with Gasteiger partial charge in [0.15, 0.2) is 0 Å². The van der Waals surface area contributed by atoms with Crippen LogP contribution in [-0.2, 0) is 0 Å². The van der Waals surface area contributed by atoms with E-state index in [2.05, 4.69) is 73.3 Å². The first kappa shape index (κ1) is 22.5. The molecule has 28 heavy (non-hydrogen) atoms. The molecule has 0 radical (unpaired) electrons. The molecule has 0 spiro atoms. The Balaban J connectivity index is 1.34. The lowest BCUT2D eigenvalue weighted by atomic mass is 9.83. The van der Waals surface area contributed by atoms with Crippen LogP contribution in [0.15, 0.2) is 0 Å². The molecule has 0 aromatic carbocycles. The molecular weight excluding hydrogens is 346 g/mol. The van der Waals surface area contributed by atoms with Crippen molar-refractivity contribution in [1.82, 2.24) is 24.5 Å². The highest BCUT2D eigenvalue weighted by Gasteiger charge is 2.38. The van der Waals surface area contributed by atoms with E-state index in [1.807, 2.05) is 0 Å². The first-order chi connectivity index (χ1) is 13.1. The summed E-state index contributed by atoms with van der Waals surface area (Å²) in [5.41, 5.74) is 0.277. The molecule has 164 valence electrons. The zero-order valence-corrected chi connectivity index (χ0v) is 19.8. The molecule has 0 amide bonds. The van der Waals surface area contributed by atoms with E-state index in [0.29, 0.717) is 6.04 Å². The predicted molar refractivity (Wildman–Crippen MR) is 120 cm³/mol. The van der Waals surface area contributed by atoms with E-state index in [-0.39, 0.29) is 5.54 Å². The molecule has 0 bridgehead atoms. The van der Waals surface area contributed by atoms with Gasteiger partial charge in [-0.2, -0.15) is 0 Å². The Bertz CT molecular complexity index is 476. The molecule has 1 aliphatic carbocycles. The zero-order valence-electron chi connectivity index (χ0n) is 19.8. The van der Waals surface area contributed by atoms with E-state index >= 15 is 0 Å². The molecule has 3 fully saturated rings. The standard InChI is InChI=1S/C23H47N5/c1-19(8-10-27-11-9-20(18-27)26(7)23(2,3)4)25(6)21-16-22(17-21)28-14-12-24(5)13-15-28/h19-22H,8-18H2,1-7H3. The van der Waals surface area contributed by atoms with E-state index in [0.717, 1.165) is 18.1 Å². The molecule has 0 aromatic heterocycles. The fourth-order valence-electron chi connectivity index (χ4n) is 5.19. The molecule has 1 saturated carbocycles. The molecule has 3 aliphatic rings. The number of likely N-dealkylation sites (tertiary alicyclic amines) is 1. The van der Waals surface area contributed by atoms with Crippen LogP contribution in [0.5, 0.6) is 0 Å². The summed E-state index contributed by atoms with van der Waals surface area (Å²) in [6.45, 7) is 18.3. The van der Waals surface area contributed by atoms with Crippen molar-refractivity contribution in [2.24, 2.45) is 0 Å². The van der Waals surface area contributed by atoms with Crippen LogP contribution in [0.1, 0.15) is 53.4 Å². The lowest BCUT2D eigenvalue weighted by Gasteiger charge is -2.50. The summed E-state index contributed by atoms with van der Waals surface area (Å²) in [6, 6.07) is 3.07. The number of piperazine rings is 1. The van der Waals surface area contributed by atoms with Crippen LogP contribution >= 0.6 is 0 Å². The minimum absolute atomic E-state index is 0.277. The average Bonchev–Trinajstić information content (AvgIpc) is 3.07. The van der Waals surface area contributed by atoms with Gasteiger partial charge in [-0.25, -0.2) is 0 Å². The largest absolute Gasteiger partial charge is 0.304 e. The van der Waals surface area contributed by atoms with Crippen LogP contribution in [0.3, 0.4) is 0 Å². The van der Waals surface area contributed by atoms with E-state index < -0.39 is 0 Å². The van der Waals surface area contributed by atoms with Crippen LogP contribution in [0, 0.1) is 0 Å². The predicted octanol–water partition coefficient (Wildman–Crippen LogP) is 2.28. The third-order valence-electron chi connectivity index (χ3n) is 8.13. The molecule has 3 rings (SSSR count). The molecule has 2 aliphatic heterocycles. The molecule has 5 nitrogen and oxygen atoms in total. The van der Waals surface area contributed by atoms with Crippen LogP contribution in [0.2, 0.25) is 0 Å². The Morgan fingerprint density at radius 3 is 2.21 bits per heavy atom. The molecule has 2 heterocycles. The second-order valence-electron chi connectivity index (χ2n) is 10.9. The van der Waals surface area contributed by atoms with Gasteiger partial charge in [-0.05, 0) is 87.6 Å². The molecule has 5 heteroatoms. The molecule has 2 unspecified atom stereocenters. The van der Waals surface area contributed by atoms with Gasteiger partial charge in [-0.15, -0.1) is 0 Å². The lowest BCUT2D eigenvalue weighted by molar-refractivity contribution is 0.00336. The van der Waals surface area contributed by atoms with Crippen molar-refractivity contribution < 1.29 is 0 Å². The maximum Gasteiger partial charge on any atom is 0.0237 e. The summed E-state index contributed by atoms with van der Waals surface area (Å²) in [7, 11) is 6.92. The van der Waals surface area contributed by atoms with Crippen LogP contribution in [-0.4, -0.2) is 121 Å². The Labute approximate surface area is 175 Å². The number of hydrogen-bond donors (Lipinski definition) is 0. The minimum Gasteiger partial charge on any atom is -0.304 e. The molecule has 2 saturated heterocycles. The Hall–Kier alpha value is -0.200. The highest BCUT2D eigenvalue weighted by atomic mass is 15.3. The summed E-state index contributed by atoms with van der Waals surface area (Å²) in [5.74, 6) is 0. The van der Waals surface area contributed by atoms with Gasteiger partial charge in [0.25, 0.3) is 0 Å². The lowest BCUT2D eigenvalue weighted by Crippen LogP contribution is -2.58. The van der Waals surface area contributed by atoms with Gasteiger partial charge in [-0.3, -0.25) is 9.80 Å². The van der Waals surface area contributed by atoms with Crippen molar-refractivity contribution >= 4 is 0 Å². The van der Waals surface area contributed by atoms with Crippen molar-refractivity contribution in [2.75, 3.05) is 67.0 Å². The Kier molecular flexibility index (Phi) is 7.47. The summed E-state index contributed by atoms with van der Waals surface area (Å²) in [5, 5.41) is 0. The van der Waals surface area contributed by atoms with Gasteiger partial charge in [0.1, 0.15) is 0 Å². The summed E-state index contributed by atoms with van der Waals surface area (Å²) < 4.78 is 0. The number of nitrogens with zero attached hydrogens (tertiary/aromatic N) is 5.